The minimum atomic E-state index is -0.459. The number of amides is 1. The third-order valence-corrected chi connectivity index (χ3v) is 5.17. The van der Waals surface area contributed by atoms with E-state index in [1.165, 1.54) is 6.21 Å². The van der Waals surface area contributed by atoms with Crippen LogP contribution in [0.3, 0.4) is 0 Å². The van der Waals surface area contributed by atoms with E-state index in [4.69, 9.17) is 4.74 Å². The van der Waals surface area contributed by atoms with Crippen molar-refractivity contribution < 1.29 is 14.3 Å². The average molecular weight is 422 g/mol. The van der Waals surface area contributed by atoms with Gasteiger partial charge in [-0.15, -0.1) is 0 Å². The Morgan fingerprint density at radius 2 is 1.56 bits per heavy atom. The van der Waals surface area contributed by atoms with Crippen molar-refractivity contribution in [2.45, 2.75) is 13.8 Å². The molecule has 1 amide bonds. The van der Waals surface area contributed by atoms with Crippen molar-refractivity contribution in [3.8, 4) is 5.75 Å². The molecule has 5 heteroatoms. The predicted molar refractivity (Wildman–Crippen MR) is 126 cm³/mol. The first-order valence-corrected chi connectivity index (χ1v) is 10.2. The van der Waals surface area contributed by atoms with Crippen LogP contribution in [0.15, 0.2) is 90.0 Å². The van der Waals surface area contributed by atoms with Gasteiger partial charge in [0, 0.05) is 11.1 Å². The van der Waals surface area contributed by atoms with Crippen LogP contribution in [0, 0.1) is 13.8 Å². The third kappa shape index (κ3) is 4.57. The number of aryl methyl sites for hydroxylation is 2. The summed E-state index contributed by atoms with van der Waals surface area (Å²) < 4.78 is 5.70. The Hall–Kier alpha value is -4.25. The molecule has 0 aliphatic heterocycles. The summed E-state index contributed by atoms with van der Waals surface area (Å²) in [7, 11) is 0. The lowest BCUT2D eigenvalue weighted by atomic mass is 10.0. The summed E-state index contributed by atoms with van der Waals surface area (Å²) in [5.74, 6) is -0.403. The normalized spacial score (nSPS) is 10.9. The summed E-state index contributed by atoms with van der Waals surface area (Å²) in [6.45, 7) is 3.82. The molecular weight excluding hydrogens is 400 g/mol. The van der Waals surface area contributed by atoms with Crippen LogP contribution >= 0.6 is 0 Å². The Morgan fingerprint density at radius 3 is 2.34 bits per heavy atom. The molecule has 158 valence electrons. The summed E-state index contributed by atoms with van der Waals surface area (Å²) in [5.41, 5.74) is 6.09. The maximum atomic E-state index is 12.7. The second-order valence-electron chi connectivity index (χ2n) is 7.47. The predicted octanol–water partition coefficient (Wildman–Crippen LogP) is 5.44. The fourth-order valence-electron chi connectivity index (χ4n) is 3.39. The van der Waals surface area contributed by atoms with Gasteiger partial charge in [-0.25, -0.2) is 10.2 Å². The van der Waals surface area contributed by atoms with E-state index in [9.17, 15) is 9.59 Å². The number of benzene rings is 4. The van der Waals surface area contributed by atoms with Gasteiger partial charge in [0.15, 0.2) is 0 Å². The molecule has 0 atom stereocenters. The van der Waals surface area contributed by atoms with Crippen molar-refractivity contribution >= 4 is 28.9 Å². The molecule has 0 bridgehead atoms. The smallest absolute Gasteiger partial charge is 0.343 e. The summed E-state index contributed by atoms with van der Waals surface area (Å²) in [5, 5.41) is 5.97. The zero-order valence-electron chi connectivity index (χ0n) is 17.8. The van der Waals surface area contributed by atoms with E-state index in [-0.39, 0.29) is 5.91 Å². The van der Waals surface area contributed by atoms with E-state index >= 15 is 0 Å². The second kappa shape index (κ2) is 9.27. The molecule has 4 aromatic carbocycles. The van der Waals surface area contributed by atoms with E-state index in [1.807, 2.05) is 68.4 Å². The molecule has 0 aliphatic rings. The van der Waals surface area contributed by atoms with E-state index in [0.717, 1.165) is 21.9 Å². The number of nitrogens with zero attached hydrogens (tertiary/aromatic N) is 1. The molecule has 0 radical (unpaired) electrons. The molecule has 0 fully saturated rings. The van der Waals surface area contributed by atoms with Crippen molar-refractivity contribution in [2.75, 3.05) is 0 Å². The highest BCUT2D eigenvalue weighted by Gasteiger charge is 2.14. The number of carbonyl (C=O) groups is 2. The van der Waals surface area contributed by atoms with Crippen LogP contribution in [0.1, 0.15) is 37.4 Å². The molecule has 0 unspecified atom stereocenters. The van der Waals surface area contributed by atoms with Crippen LogP contribution < -0.4 is 10.2 Å². The summed E-state index contributed by atoms with van der Waals surface area (Å²) >= 11 is 0. The standard InChI is InChI=1S/C27H22N2O3/c1-18-11-13-21(14-12-18)27(31)32-25-16-15-20-8-4-6-10-23(20)24(25)17-28-29-26(30)22-9-5-3-7-19(22)2/h3-17H,1-2H3,(H,29,30)/b28-17-. The Balaban J connectivity index is 1.63. The lowest BCUT2D eigenvalue weighted by Gasteiger charge is -2.11. The van der Waals surface area contributed by atoms with E-state index in [1.54, 1.807) is 30.3 Å². The van der Waals surface area contributed by atoms with Crippen molar-refractivity contribution in [1.29, 1.82) is 0 Å². The summed E-state index contributed by atoms with van der Waals surface area (Å²) in [6, 6.07) is 25.8. The van der Waals surface area contributed by atoms with Crippen molar-refractivity contribution in [3.63, 3.8) is 0 Å². The van der Waals surface area contributed by atoms with Crippen LogP contribution in [-0.2, 0) is 0 Å². The van der Waals surface area contributed by atoms with Gasteiger partial charge in [-0.3, -0.25) is 4.79 Å². The van der Waals surface area contributed by atoms with Gasteiger partial charge in [0.1, 0.15) is 5.75 Å². The van der Waals surface area contributed by atoms with Gasteiger partial charge < -0.3 is 4.74 Å². The number of carbonyl (C=O) groups excluding carboxylic acids is 2. The number of rotatable bonds is 5. The van der Waals surface area contributed by atoms with Gasteiger partial charge >= 0.3 is 5.97 Å². The van der Waals surface area contributed by atoms with Gasteiger partial charge in [0.25, 0.3) is 5.91 Å². The maximum Gasteiger partial charge on any atom is 0.343 e. The van der Waals surface area contributed by atoms with Crippen LogP contribution in [0.2, 0.25) is 0 Å². The van der Waals surface area contributed by atoms with E-state index in [2.05, 4.69) is 10.5 Å². The molecule has 4 rings (SSSR count). The number of hydrogen-bond donors (Lipinski definition) is 1. The Labute approximate surface area is 186 Å². The summed E-state index contributed by atoms with van der Waals surface area (Å²) in [6.07, 6.45) is 1.51. The largest absolute Gasteiger partial charge is 0.422 e. The minimum Gasteiger partial charge on any atom is -0.422 e. The van der Waals surface area contributed by atoms with E-state index in [0.29, 0.717) is 22.4 Å². The van der Waals surface area contributed by atoms with Gasteiger partial charge in [-0.05, 0) is 54.4 Å². The Morgan fingerprint density at radius 1 is 0.844 bits per heavy atom. The first kappa shape index (κ1) is 21.0. The third-order valence-electron chi connectivity index (χ3n) is 5.17. The highest BCUT2D eigenvalue weighted by molar-refractivity contribution is 6.04. The molecule has 5 nitrogen and oxygen atoms in total. The van der Waals surface area contributed by atoms with Crippen LogP contribution in [-0.4, -0.2) is 18.1 Å². The molecule has 0 spiro atoms. The minimum absolute atomic E-state index is 0.308. The van der Waals surface area contributed by atoms with Crippen LogP contribution in [0.25, 0.3) is 10.8 Å². The zero-order valence-corrected chi connectivity index (χ0v) is 17.8. The SMILES string of the molecule is Cc1ccc(C(=O)Oc2ccc3ccccc3c2/C=N\NC(=O)c2ccccc2C)cc1. The van der Waals surface area contributed by atoms with E-state index < -0.39 is 5.97 Å². The van der Waals surface area contributed by atoms with Gasteiger partial charge in [-0.2, -0.15) is 5.10 Å². The topological polar surface area (TPSA) is 67.8 Å². The highest BCUT2D eigenvalue weighted by atomic mass is 16.5. The molecule has 0 saturated carbocycles. The molecule has 0 heterocycles. The van der Waals surface area contributed by atoms with Crippen LogP contribution in [0.5, 0.6) is 5.75 Å². The first-order valence-electron chi connectivity index (χ1n) is 10.2. The quantitative estimate of drug-likeness (QED) is 0.202. The van der Waals surface area contributed by atoms with Crippen molar-refractivity contribution in [2.24, 2.45) is 5.10 Å². The second-order valence-corrected chi connectivity index (χ2v) is 7.47. The van der Waals surface area contributed by atoms with Gasteiger partial charge in [0.05, 0.1) is 11.8 Å². The fraction of sp³-hybridized carbons (Fsp3) is 0.0741. The lowest BCUT2D eigenvalue weighted by molar-refractivity contribution is 0.0734. The number of hydrogen-bond acceptors (Lipinski definition) is 4. The van der Waals surface area contributed by atoms with Crippen LogP contribution in [0.4, 0.5) is 0 Å². The van der Waals surface area contributed by atoms with Gasteiger partial charge in [-0.1, -0.05) is 66.2 Å². The van der Waals surface area contributed by atoms with Gasteiger partial charge in [0.2, 0.25) is 0 Å². The van der Waals surface area contributed by atoms with Crippen molar-refractivity contribution in [3.05, 3.63) is 113 Å². The van der Waals surface area contributed by atoms with Crippen molar-refractivity contribution in [1.82, 2.24) is 5.43 Å². The number of nitrogens with one attached hydrogen (secondary N) is 1. The highest BCUT2D eigenvalue weighted by Crippen LogP contribution is 2.27. The number of ether oxygens (including phenoxy) is 1. The molecular formula is C27H22N2O3. The Bertz CT molecular complexity index is 1320. The molecule has 0 aliphatic carbocycles. The average Bonchev–Trinajstić information content (AvgIpc) is 2.80. The molecule has 0 aromatic heterocycles. The first-order chi connectivity index (χ1) is 15.5. The number of fused-ring (bicyclic) bond motifs is 1. The maximum absolute atomic E-state index is 12.7. The molecule has 4 aromatic rings. The summed E-state index contributed by atoms with van der Waals surface area (Å²) in [4.78, 5) is 25.2. The Kier molecular flexibility index (Phi) is 6.08. The zero-order chi connectivity index (χ0) is 22.5. The molecule has 0 saturated heterocycles. The molecule has 1 N–H and O–H groups in total. The fourth-order valence-corrected chi connectivity index (χ4v) is 3.39. The monoisotopic (exact) mass is 422 g/mol. The number of hydrazone groups is 1. The lowest BCUT2D eigenvalue weighted by Crippen LogP contribution is -2.18. The number of esters is 1. The molecule has 32 heavy (non-hydrogen) atoms.